The molecule has 0 N–H and O–H groups in total. The number of hydrogen-bond donors (Lipinski definition) is 0. The average Bonchev–Trinajstić information content (AvgIpc) is 3.40. The van der Waals surface area contributed by atoms with E-state index >= 15 is 0 Å². The summed E-state index contributed by atoms with van der Waals surface area (Å²) in [6, 6.07) is 7.46. The highest BCUT2D eigenvalue weighted by Crippen LogP contribution is 2.30. The second-order valence-corrected chi connectivity index (χ2v) is 8.29. The summed E-state index contributed by atoms with van der Waals surface area (Å²) in [6.45, 7) is 5.09. The zero-order valence-electron chi connectivity index (χ0n) is 20.1. The second-order valence-electron chi connectivity index (χ2n) is 8.29. The summed E-state index contributed by atoms with van der Waals surface area (Å²) in [6.07, 6.45) is -2.77. The van der Waals surface area contributed by atoms with Crippen LogP contribution in [0.15, 0.2) is 30.5 Å². The van der Waals surface area contributed by atoms with Gasteiger partial charge in [0, 0.05) is 43.4 Å². The van der Waals surface area contributed by atoms with Crippen LogP contribution < -0.4 is 0 Å². The van der Waals surface area contributed by atoms with Gasteiger partial charge in [-0.3, -0.25) is 19.2 Å². The van der Waals surface area contributed by atoms with Gasteiger partial charge >= 0.3 is 17.9 Å². The minimum Gasteiger partial charge on any atom is -0.456 e. The van der Waals surface area contributed by atoms with Crippen molar-refractivity contribution in [2.75, 3.05) is 6.61 Å². The van der Waals surface area contributed by atoms with Gasteiger partial charge < -0.3 is 23.5 Å². The number of benzene rings is 1. The molecule has 3 aromatic rings. The van der Waals surface area contributed by atoms with Crippen molar-refractivity contribution in [3.8, 4) is 0 Å². The Morgan fingerprint density at radius 1 is 0.972 bits per heavy atom. The molecule has 0 saturated carbocycles. The molecule has 4 atom stereocenters. The molecule has 0 aliphatic carbocycles. The van der Waals surface area contributed by atoms with Gasteiger partial charge in [0.05, 0.1) is 13.2 Å². The third-order valence-electron chi connectivity index (χ3n) is 5.50. The van der Waals surface area contributed by atoms with Crippen molar-refractivity contribution in [1.29, 1.82) is 0 Å². The van der Waals surface area contributed by atoms with E-state index in [9.17, 15) is 19.2 Å². The minimum atomic E-state index is -1.22. The van der Waals surface area contributed by atoms with Gasteiger partial charge in [-0.25, -0.2) is 0 Å². The predicted molar refractivity (Wildman–Crippen MR) is 121 cm³/mol. The van der Waals surface area contributed by atoms with Crippen LogP contribution in [0.1, 0.15) is 50.1 Å². The molecule has 3 heterocycles. The zero-order chi connectivity index (χ0) is 26.0. The van der Waals surface area contributed by atoms with E-state index in [1.54, 1.807) is 6.20 Å². The van der Waals surface area contributed by atoms with Crippen LogP contribution in [0.2, 0.25) is 0 Å². The van der Waals surface area contributed by atoms with Gasteiger partial charge in [0.25, 0.3) is 0 Å². The minimum absolute atomic E-state index is 0.0692. The van der Waals surface area contributed by atoms with Gasteiger partial charge in [0.2, 0.25) is 6.23 Å². The topological polar surface area (TPSA) is 154 Å². The average molecular weight is 499 g/mol. The summed E-state index contributed by atoms with van der Waals surface area (Å²) in [4.78, 5) is 48.4. The molecule has 1 aliphatic rings. The molecule has 0 spiro atoms. The third kappa shape index (κ3) is 5.25. The molecule has 1 aromatic carbocycles. The quantitative estimate of drug-likeness (QED) is 0.262. The molecular weight excluding hydrogens is 474 g/mol. The van der Waals surface area contributed by atoms with Crippen molar-refractivity contribution in [3.63, 3.8) is 0 Å². The van der Waals surface area contributed by atoms with Crippen molar-refractivity contribution in [1.82, 2.24) is 24.8 Å². The highest BCUT2D eigenvalue weighted by Gasteiger charge is 2.48. The maximum Gasteiger partial charge on any atom is 0.303 e. The fourth-order valence-corrected chi connectivity index (χ4v) is 4.16. The van der Waals surface area contributed by atoms with E-state index in [1.165, 1.54) is 27.7 Å². The lowest BCUT2D eigenvalue weighted by atomic mass is 10.0. The Kier molecular flexibility index (Phi) is 7.10. The molecule has 2 aromatic heterocycles. The molecule has 0 amide bonds. The Morgan fingerprint density at radius 2 is 1.64 bits per heavy atom. The van der Waals surface area contributed by atoms with Crippen molar-refractivity contribution < 1.29 is 38.1 Å². The largest absolute Gasteiger partial charge is 0.456 e. The number of aromatic nitrogens is 5. The van der Waals surface area contributed by atoms with Crippen LogP contribution >= 0.6 is 0 Å². The Balaban J connectivity index is 1.63. The van der Waals surface area contributed by atoms with Crippen molar-refractivity contribution in [3.05, 3.63) is 41.9 Å². The number of tetrazole rings is 1. The Bertz CT molecular complexity index is 1310. The SMILES string of the molecule is CC(=O)O[C@H]1[C@H](OC(C)=O)[C@@H](n2nnc(Cn3cc(C(C)=O)c4ccccc43)n2)OC[C@@H]1OC(C)=O. The van der Waals surface area contributed by atoms with E-state index in [1.807, 2.05) is 28.8 Å². The summed E-state index contributed by atoms with van der Waals surface area (Å²) >= 11 is 0. The standard InChI is InChI=1S/C23H25N5O8/c1-12(29)17-9-27(18-8-6-5-7-16(17)18)10-20-24-26-28(25-20)23-22(36-15(4)32)21(35-14(3)31)19(11-33-23)34-13(2)30/h5-9,19,21-23H,10-11H2,1-4H3/t19-,21+,22-,23-/m0/s1. The van der Waals surface area contributed by atoms with Crippen LogP contribution in [0, 0.1) is 0 Å². The number of ether oxygens (including phenoxy) is 4. The number of fused-ring (bicyclic) bond motifs is 1. The number of hydrogen-bond acceptors (Lipinski definition) is 11. The number of nitrogens with zero attached hydrogens (tertiary/aromatic N) is 5. The van der Waals surface area contributed by atoms with Crippen LogP contribution in [0.25, 0.3) is 10.9 Å². The molecule has 0 unspecified atom stereocenters. The van der Waals surface area contributed by atoms with E-state index in [0.29, 0.717) is 11.4 Å². The Labute approximate surface area is 205 Å². The number of para-hydroxylation sites is 1. The Hall–Kier alpha value is -4.13. The molecule has 4 rings (SSSR count). The van der Waals surface area contributed by atoms with Gasteiger partial charge in [-0.2, -0.15) is 0 Å². The molecule has 190 valence electrons. The number of ketones is 1. The summed E-state index contributed by atoms with van der Waals surface area (Å²) in [7, 11) is 0. The van der Waals surface area contributed by atoms with E-state index in [4.69, 9.17) is 18.9 Å². The van der Waals surface area contributed by atoms with Gasteiger partial charge in [-0.05, 0) is 18.2 Å². The molecule has 0 bridgehead atoms. The zero-order valence-corrected chi connectivity index (χ0v) is 20.1. The normalized spacial score (nSPS) is 21.7. The van der Waals surface area contributed by atoms with E-state index in [2.05, 4.69) is 15.4 Å². The second kappa shape index (κ2) is 10.2. The van der Waals surface area contributed by atoms with Crippen molar-refractivity contribution in [2.45, 2.75) is 58.8 Å². The van der Waals surface area contributed by atoms with E-state index in [-0.39, 0.29) is 18.9 Å². The molecular formula is C23H25N5O8. The first-order valence-corrected chi connectivity index (χ1v) is 11.1. The maximum atomic E-state index is 12.1. The highest BCUT2D eigenvalue weighted by atomic mass is 16.6. The summed E-state index contributed by atoms with van der Waals surface area (Å²) in [5.41, 5.74) is 1.40. The van der Waals surface area contributed by atoms with Crippen LogP contribution in [0.4, 0.5) is 0 Å². The molecule has 13 heteroatoms. The highest BCUT2D eigenvalue weighted by molar-refractivity contribution is 6.06. The van der Waals surface area contributed by atoms with Crippen LogP contribution in [0.5, 0.6) is 0 Å². The lowest BCUT2D eigenvalue weighted by Crippen LogP contribution is -2.55. The lowest BCUT2D eigenvalue weighted by Gasteiger charge is -2.39. The van der Waals surface area contributed by atoms with Gasteiger partial charge in [0.1, 0.15) is 0 Å². The summed E-state index contributed by atoms with van der Waals surface area (Å²) < 4.78 is 23.6. The van der Waals surface area contributed by atoms with Crippen LogP contribution in [-0.2, 0) is 39.9 Å². The lowest BCUT2D eigenvalue weighted by molar-refractivity contribution is -0.243. The van der Waals surface area contributed by atoms with Crippen molar-refractivity contribution >= 4 is 34.6 Å². The fraction of sp³-hybridized carbons (Fsp3) is 0.435. The Morgan fingerprint density at radius 3 is 2.31 bits per heavy atom. The van der Waals surface area contributed by atoms with Crippen molar-refractivity contribution in [2.24, 2.45) is 0 Å². The number of rotatable bonds is 7. The fourth-order valence-electron chi connectivity index (χ4n) is 4.16. The number of esters is 3. The van der Waals surface area contributed by atoms with Gasteiger partial charge in [-0.15, -0.1) is 15.0 Å². The molecule has 1 fully saturated rings. The number of carbonyl (C=O) groups is 4. The first-order valence-electron chi connectivity index (χ1n) is 11.1. The van der Waals surface area contributed by atoms with Crippen LogP contribution in [-0.4, -0.2) is 73.4 Å². The first-order chi connectivity index (χ1) is 17.1. The van der Waals surface area contributed by atoms with E-state index < -0.39 is 42.4 Å². The summed E-state index contributed by atoms with van der Waals surface area (Å²) in [5, 5.41) is 13.3. The molecule has 1 saturated heterocycles. The summed E-state index contributed by atoms with van der Waals surface area (Å²) in [5.74, 6) is -1.73. The van der Waals surface area contributed by atoms with E-state index in [0.717, 1.165) is 15.7 Å². The molecule has 36 heavy (non-hydrogen) atoms. The van der Waals surface area contributed by atoms with Gasteiger partial charge in [-0.1, -0.05) is 18.2 Å². The maximum absolute atomic E-state index is 12.1. The predicted octanol–water partition coefficient (Wildman–Crippen LogP) is 1.20. The smallest absolute Gasteiger partial charge is 0.303 e. The number of Topliss-reactive ketones (excluding diaryl/α,β-unsaturated/α-hetero) is 1. The monoisotopic (exact) mass is 499 g/mol. The first kappa shape index (κ1) is 25.0. The van der Waals surface area contributed by atoms with Crippen LogP contribution in [0.3, 0.4) is 0 Å². The number of carbonyl (C=O) groups excluding carboxylic acids is 4. The molecule has 0 radical (unpaired) electrons. The van der Waals surface area contributed by atoms with Gasteiger partial charge in [0.15, 0.2) is 29.9 Å². The molecule has 13 nitrogen and oxygen atoms in total. The molecule has 1 aliphatic heterocycles. The third-order valence-corrected chi connectivity index (χ3v) is 5.50.